The quantitative estimate of drug-likeness (QED) is 0.769. The van der Waals surface area contributed by atoms with E-state index in [0.717, 1.165) is 11.4 Å². The predicted octanol–water partition coefficient (Wildman–Crippen LogP) is 5.39. The monoisotopic (exact) mass is 249 g/mol. The Bertz CT molecular complexity index is 552. The van der Waals surface area contributed by atoms with Crippen molar-refractivity contribution in [2.75, 3.05) is 5.32 Å². The minimum atomic E-state index is 1.13. The van der Waals surface area contributed by atoms with Crippen molar-refractivity contribution in [1.29, 1.82) is 0 Å². The summed E-state index contributed by atoms with van der Waals surface area (Å²) < 4.78 is 0. The molecule has 96 valence electrons. The van der Waals surface area contributed by atoms with E-state index in [4.69, 9.17) is 0 Å². The molecule has 2 aromatic carbocycles. The summed E-state index contributed by atoms with van der Waals surface area (Å²) in [5.41, 5.74) is 5.16. The van der Waals surface area contributed by atoms with Crippen LogP contribution in [0.15, 0.2) is 60.7 Å². The molecule has 0 heterocycles. The fourth-order valence-electron chi connectivity index (χ4n) is 2.56. The fraction of sp³-hybridized carbons (Fsp3) is 0.222. The highest BCUT2D eigenvalue weighted by molar-refractivity contribution is 5.69. The Balaban J connectivity index is 1.74. The van der Waals surface area contributed by atoms with Crippen molar-refractivity contribution < 1.29 is 0 Å². The topological polar surface area (TPSA) is 12.0 Å². The molecular formula is C18H19N. The van der Waals surface area contributed by atoms with Crippen molar-refractivity contribution in [3.05, 3.63) is 66.2 Å². The van der Waals surface area contributed by atoms with Gasteiger partial charge in [0, 0.05) is 11.4 Å². The standard InChI is InChI=1S/C18H19N/c1-3-7-15(8-4-1)16-11-13-18(14-12-16)19-17-9-5-2-6-10-17/h2,5-7,9-14,19H,1,3-4,8H2. The van der Waals surface area contributed by atoms with Gasteiger partial charge in [-0.2, -0.15) is 0 Å². The van der Waals surface area contributed by atoms with Gasteiger partial charge in [0.25, 0.3) is 0 Å². The molecule has 1 N–H and O–H groups in total. The summed E-state index contributed by atoms with van der Waals surface area (Å²) in [5, 5.41) is 3.41. The summed E-state index contributed by atoms with van der Waals surface area (Å²) in [5.74, 6) is 0. The fourth-order valence-corrected chi connectivity index (χ4v) is 2.56. The van der Waals surface area contributed by atoms with Crippen LogP contribution >= 0.6 is 0 Å². The second-order valence-electron chi connectivity index (χ2n) is 5.04. The van der Waals surface area contributed by atoms with Crippen LogP contribution < -0.4 is 5.32 Å². The van der Waals surface area contributed by atoms with Gasteiger partial charge in [-0.1, -0.05) is 36.4 Å². The third-order valence-electron chi connectivity index (χ3n) is 3.61. The molecule has 3 rings (SSSR count). The average molecular weight is 249 g/mol. The van der Waals surface area contributed by atoms with Gasteiger partial charge in [-0.3, -0.25) is 0 Å². The number of anilines is 2. The first-order chi connectivity index (χ1) is 9.42. The lowest BCUT2D eigenvalue weighted by molar-refractivity contribution is 0.742. The van der Waals surface area contributed by atoms with Gasteiger partial charge in [0.15, 0.2) is 0 Å². The molecular weight excluding hydrogens is 230 g/mol. The minimum Gasteiger partial charge on any atom is -0.356 e. The van der Waals surface area contributed by atoms with Crippen LogP contribution in [0, 0.1) is 0 Å². The van der Waals surface area contributed by atoms with E-state index < -0.39 is 0 Å². The lowest BCUT2D eigenvalue weighted by Crippen LogP contribution is -1.93. The van der Waals surface area contributed by atoms with Gasteiger partial charge in [-0.25, -0.2) is 0 Å². The zero-order valence-corrected chi connectivity index (χ0v) is 11.1. The molecule has 0 atom stereocenters. The first kappa shape index (κ1) is 12.0. The maximum Gasteiger partial charge on any atom is 0.0384 e. The molecule has 0 fully saturated rings. The summed E-state index contributed by atoms with van der Waals surface area (Å²) in [6.07, 6.45) is 7.53. The maximum atomic E-state index is 3.41. The van der Waals surface area contributed by atoms with Crippen molar-refractivity contribution >= 4 is 16.9 Å². The summed E-state index contributed by atoms with van der Waals surface area (Å²) in [6.45, 7) is 0. The Labute approximate surface area is 115 Å². The van der Waals surface area contributed by atoms with Gasteiger partial charge in [0.05, 0.1) is 0 Å². The third-order valence-corrected chi connectivity index (χ3v) is 3.61. The molecule has 0 saturated carbocycles. The molecule has 1 heteroatoms. The average Bonchev–Trinajstić information content (AvgIpc) is 2.50. The highest BCUT2D eigenvalue weighted by atomic mass is 14.9. The number of hydrogen-bond donors (Lipinski definition) is 1. The Kier molecular flexibility index (Phi) is 3.64. The number of rotatable bonds is 3. The SMILES string of the molecule is C1=C(c2ccc(Nc3ccccc3)cc2)CCCC1. The van der Waals surface area contributed by atoms with Gasteiger partial charge in [0.1, 0.15) is 0 Å². The molecule has 0 spiro atoms. The molecule has 0 amide bonds. The number of nitrogens with one attached hydrogen (secondary N) is 1. The molecule has 1 aliphatic rings. The largest absolute Gasteiger partial charge is 0.356 e. The molecule has 0 saturated heterocycles. The van der Waals surface area contributed by atoms with Crippen LogP contribution in [0.4, 0.5) is 11.4 Å². The van der Waals surface area contributed by atoms with Crippen LogP contribution in [0.5, 0.6) is 0 Å². The summed E-state index contributed by atoms with van der Waals surface area (Å²) in [6, 6.07) is 19.1. The van der Waals surface area contributed by atoms with Crippen LogP contribution in [-0.4, -0.2) is 0 Å². The number of allylic oxidation sites excluding steroid dienone is 2. The van der Waals surface area contributed by atoms with Crippen LogP contribution in [0.1, 0.15) is 31.2 Å². The molecule has 1 aliphatic carbocycles. The van der Waals surface area contributed by atoms with Crippen molar-refractivity contribution in [3.63, 3.8) is 0 Å². The zero-order valence-electron chi connectivity index (χ0n) is 11.1. The van der Waals surface area contributed by atoms with Gasteiger partial charge in [0.2, 0.25) is 0 Å². The molecule has 19 heavy (non-hydrogen) atoms. The Morgan fingerprint density at radius 3 is 2.16 bits per heavy atom. The molecule has 2 aromatic rings. The molecule has 0 unspecified atom stereocenters. The van der Waals surface area contributed by atoms with Crippen LogP contribution in [0.25, 0.3) is 5.57 Å². The third kappa shape index (κ3) is 3.05. The van der Waals surface area contributed by atoms with E-state index in [9.17, 15) is 0 Å². The van der Waals surface area contributed by atoms with E-state index in [2.05, 4.69) is 47.8 Å². The lowest BCUT2D eigenvalue weighted by atomic mass is 9.94. The van der Waals surface area contributed by atoms with Gasteiger partial charge in [-0.05, 0) is 61.1 Å². The highest BCUT2D eigenvalue weighted by Crippen LogP contribution is 2.27. The molecule has 1 nitrogen and oxygen atoms in total. The summed E-state index contributed by atoms with van der Waals surface area (Å²) in [4.78, 5) is 0. The second kappa shape index (κ2) is 5.75. The zero-order chi connectivity index (χ0) is 12.9. The number of hydrogen-bond acceptors (Lipinski definition) is 1. The van der Waals surface area contributed by atoms with E-state index in [1.54, 1.807) is 0 Å². The summed E-state index contributed by atoms with van der Waals surface area (Å²) in [7, 11) is 0. The van der Waals surface area contributed by atoms with Crippen molar-refractivity contribution in [3.8, 4) is 0 Å². The Morgan fingerprint density at radius 2 is 1.47 bits per heavy atom. The molecule has 0 bridgehead atoms. The predicted molar refractivity (Wildman–Crippen MR) is 82.6 cm³/mol. The summed E-state index contributed by atoms with van der Waals surface area (Å²) >= 11 is 0. The first-order valence-corrected chi connectivity index (χ1v) is 7.03. The highest BCUT2D eigenvalue weighted by Gasteiger charge is 2.05. The minimum absolute atomic E-state index is 1.13. The Morgan fingerprint density at radius 1 is 0.737 bits per heavy atom. The van der Waals surface area contributed by atoms with E-state index >= 15 is 0 Å². The molecule has 0 aromatic heterocycles. The van der Waals surface area contributed by atoms with Gasteiger partial charge in [-0.15, -0.1) is 0 Å². The number of para-hydroxylation sites is 1. The normalized spacial score (nSPS) is 14.8. The van der Waals surface area contributed by atoms with Crippen LogP contribution in [0.3, 0.4) is 0 Å². The molecule has 0 radical (unpaired) electrons. The van der Waals surface area contributed by atoms with Crippen molar-refractivity contribution in [1.82, 2.24) is 0 Å². The van der Waals surface area contributed by atoms with E-state index in [1.807, 2.05) is 18.2 Å². The van der Waals surface area contributed by atoms with E-state index in [0.29, 0.717) is 0 Å². The lowest BCUT2D eigenvalue weighted by Gasteiger charge is -2.13. The maximum absolute atomic E-state index is 3.41. The van der Waals surface area contributed by atoms with E-state index in [-0.39, 0.29) is 0 Å². The van der Waals surface area contributed by atoms with Crippen molar-refractivity contribution in [2.45, 2.75) is 25.7 Å². The second-order valence-corrected chi connectivity index (χ2v) is 5.04. The Hall–Kier alpha value is -2.02. The first-order valence-electron chi connectivity index (χ1n) is 7.03. The smallest absolute Gasteiger partial charge is 0.0384 e. The number of benzene rings is 2. The molecule has 0 aliphatic heterocycles. The van der Waals surface area contributed by atoms with Crippen LogP contribution in [0.2, 0.25) is 0 Å². The van der Waals surface area contributed by atoms with E-state index in [1.165, 1.54) is 36.8 Å². The van der Waals surface area contributed by atoms with Gasteiger partial charge < -0.3 is 5.32 Å². The van der Waals surface area contributed by atoms with Gasteiger partial charge >= 0.3 is 0 Å². The van der Waals surface area contributed by atoms with Crippen molar-refractivity contribution in [2.24, 2.45) is 0 Å². The van der Waals surface area contributed by atoms with Crippen LogP contribution in [-0.2, 0) is 0 Å².